The van der Waals surface area contributed by atoms with Gasteiger partial charge in [0.2, 0.25) is 0 Å². The van der Waals surface area contributed by atoms with Crippen molar-refractivity contribution in [1.82, 2.24) is 0 Å². The lowest BCUT2D eigenvalue weighted by molar-refractivity contribution is 0.0777. The van der Waals surface area contributed by atoms with Gasteiger partial charge in [-0.3, -0.25) is 9.05 Å². The van der Waals surface area contributed by atoms with Gasteiger partial charge in [0.1, 0.15) is 0 Å². The van der Waals surface area contributed by atoms with E-state index in [0.29, 0.717) is 25.3 Å². The van der Waals surface area contributed by atoms with Gasteiger partial charge in [-0.15, -0.1) is 0 Å². The second-order valence-electron chi connectivity index (χ2n) is 6.48. The molecule has 0 aromatic carbocycles. The summed E-state index contributed by atoms with van der Waals surface area (Å²) in [7, 11) is -10.9. The maximum Gasteiger partial charge on any atom is 0.469 e. The predicted octanol–water partition coefficient (Wildman–Crippen LogP) is 2.38. The lowest BCUT2D eigenvalue weighted by atomic mass is 10.0. The van der Waals surface area contributed by atoms with Crippen LogP contribution in [0.3, 0.4) is 0 Å². The van der Waals surface area contributed by atoms with Crippen LogP contribution in [-0.2, 0) is 22.6 Å². The van der Waals surface area contributed by atoms with E-state index in [-0.39, 0.29) is 13.2 Å². The van der Waals surface area contributed by atoms with Crippen molar-refractivity contribution in [3.05, 3.63) is 0 Å². The first-order valence-corrected chi connectivity index (χ1v) is 13.4. The Labute approximate surface area is 138 Å². The standard InChI is InChI=1S/C11H28O9P2Si/c1-11(2,7-5-8-18-21(12,13)14)20-23(3,4)10-6-9-19-22(15,16)17/h5-10H2,1-4H3,(H2,12,13,14)(H2,15,16,17). The zero-order valence-electron chi connectivity index (χ0n) is 14.0. The van der Waals surface area contributed by atoms with Crippen molar-refractivity contribution in [2.75, 3.05) is 13.2 Å². The van der Waals surface area contributed by atoms with Gasteiger partial charge < -0.3 is 24.0 Å². The lowest BCUT2D eigenvalue weighted by Gasteiger charge is -2.35. The van der Waals surface area contributed by atoms with E-state index in [0.717, 1.165) is 0 Å². The number of phosphoric ester groups is 2. The average Bonchev–Trinajstić information content (AvgIpc) is 2.27. The van der Waals surface area contributed by atoms with E-state index < -0.39 is 29.6 Å². The van der Waals surface area contributed by atoms with E-state index in [2.05, 4.69) is 9.05 Å². The molecule has 0 atom stereocenters. The van der Waals surface area contributed by atoms with E-state index >= 15 is 0 Å². The fourth-order valence-electron chi connectivity index (χ4n) is 2.21. The molecule has 9 nitrogen and oxygen atoms in total. The molecular formula is C11H28O9P2Si. The summed E-state index contributed by atoms with van der Waals surface area (Å²) in [5, 5.41) is 0. The van der Waals surface area contributed by atoms with Gasteiger partial charge in [0.15, 0.2) is 8.32 Å². The van der Waals surface area contributed by atoms with E-state index in [4.69, 9.17) is 24.0 Å². The van der Waals surface area contributed by atoms with Crippen LogP contribution in [0.15, 0.2) is 0 Å². The molecule has 0 aliphatic rings. The SMILES string of the molecule is CC(C)(CCCOP(=O)(O)O)O[Si](C)(C)CCCOP(=O)(O)O. The Balaban J connectivity index is 4.13. The quantitative estimate of drug-likeness (QED) is 0.223. The minimum Gasteiger partial charge on any atom is -0.412 e. The van der Waals surface area contributed by atoms with Crippen molar-refractivity contribution in [1.29, 1.82) is 0 Å². The summed E-state index contributed by atoms with van der Waals surface area (Å²) < 4.78 is 36.1. The Morgan fingerprint density at radius 3 is 1.78 bits per heavy atom. The third kappa shape index (κ3) is 15.7. The summed E-state index contributed by atoms with van der Waals surface area (Å²) >= 11 is 0. The van der Waals surface area contributed by atoms with Crippen LogP contribution in [0.5, 0.6) is 0 Å². The van der Waals surface area contributed by atoms with Gasteiger partial charge in [0, 0.05) is 0 Å². The van der Waals surface area contributed by atoms with Crippen LogP contribution in [-0.4, -0.2) is 46.7 Å². The molecule has 0 fully saturated rings. The van der Waals surface area contributed by atoms with Crippen LogP contribution < -0.4 is 0 Å². The van der Waals surface area contributed by atoms with Crippen molar-refractivity contribution in [2.45, 2.75) is 57.8 Å². The normalized spacial score (nSPS) is 14.3. The largest absolute Gasteiger partial charge is 0.469 e. The molecular weight excluding hydrogens is 366 g/mol. The molecule has 0 aliphatic heterocycles. The van der Waals surface area contributed by atoms with Crippen LogP contribution in [0, 0.1) is 0 Å². The van der Waals surface area contributed by atoms with Crippen molar-refractivity contribution < 1.29 is 42.2 Å². The smallest absolute Gasteiger partial charge is 0.412 e. The van der Waals surface area contributed by atoms with Gasteiger partial charge in [-0.05, 0) is 52.2 Å². The van der Waals surface area contributed by atoms with Gasteiger partial charge in [0.05, 0.1) is 18.8 Å². The summed E-state index contributed by atoms with van der Waals surface area (Å²) in [5.74, 6) is 0. The molecule has 4 N–H and O–H groups in total. The fraction of sp³-hybridized carbons (Fsp3) is 1.00. The highest BCUT2D eigenvalue weighted by molar-refractivity contribution is 7.46. The molecule has 0 bridgehead atoms. The number of rotatable bonds is 12. The molecule has 0 aliphatic carbocycles. The van der Waals surface area contributed by atoms with Crippen LogP contribution >= 0.6 is 15.6 Å². The minimum absolute atomic E-state index is 0.0272. The van der Waals surface area contributed by atoms with Gasteiger partial charge >= 0.3 is 15.6 Å². The van der Waals surface area contributed by atoms with Gasteiger partial charge in [-0.1, -0.05) is 0 Å². The summed E-state index contributed by atoms with van der Waals surface area (Å²) in [4.78, 5) is 34.4. The summed E-state index contributed by atoms with van der Waals surface area (Å²) in [6, 6.07) is 0.676. The molecule has 0 spiro atoms. The Morgan fingerprint density at radius 2 is 1.35 bits per heavy atom. The molecule has 0 saturated heterocycles. The van der Waals surface area contributed by atoms with Crippen LogP contribution in [0.4, 0.5) is 0 Å². The van der Waals surface area contributed by atoms with E-state index in [9.17, 15) is 9.13 Å². The predicted molar refractivity (Wildman–Crippen MR) is 87.3 cm³/mol. The molecule has 0 amide bonds. The molecule has 0 radical (unpaired) electrons. The summed E-state index contributed by atoms with van der Waals surface area (Å²) in [5.41, 5.74) is -0.474. The van der Waals surface area contributed by atoms with E-state index in [1.54, 1.807) is 0 Å². The van der Waals surface area contributed by atoms with Gasteiger partial charge in [-0.2, -0.15) is 0 Å². The van der Waals surface area contributed by atoms with Crippen LogP contribution in [0.25, 0.3) is 0 Å². The number of phosphoric acid groups is 2. The van der Waals surface area contributed by atoms with Crippen LogP contribution in [0.2, 0.25) is 19.1 Å². The molecule has 0 rings (SSSR count). The number of hydrogen-bond donors (Lipinski definition) is 4. The lowest BCUT2D eigenvalue weighted by Crippen LogP contribution is -2.41. The highest BCUT2D eigenvalue weighted by Crippen LogP contribution is 2.37. The van der Waals surface area contributed by atoms with Crippen molar-refractivity contribution in [3.8, 4) is 0 Å². The Morgan fingerprint density at radius 1 is 0.913 bits per heavy atom. The topological polar surface area (TPSA) is 143 Å². The second-order valence-corrected chi connectivity index (χ2v) is 13.2. The van der Waals surface area contributed by atoms with Crippen LogP contribution in [0.1, 0.15) is 33.1 Å². The monoisotopic (exact) mass is 394 g/mol. The van der Waals surface area contributed by atoms with Gasteiger partial charge in [0.25, 0.3) is 0 Å². The van der Waals surface area contributed by atoms with E-state index in [1.807, 2.05) is 26.9 Å². The highest BCUT2D eigenvalue weighted by Gasteiger charge is 2.31. The van der Waals surface area contributed by atoms with Gasteiger partial charge in [-0.25, -0.2) is 9.13 Å². The molecule has 0 unspecified atom stereocenters. The summed E-state index contributed by atoms with van der Waals surface area (Å²) in [6.07, 6.45) is 1.51. The second kappa shape index (κ2) is 9.19. The third-order valence-corrected chi connectivity index (χ3v) is 6.62. The minimum atomic E-state index is -4.43. The Kier molecular flexibility index (Phi) is 9.35. The first-order valence-electron chi connectivity index (χ1n) is 7.22. The van der Waals surface area contributed by atoms with Crippen molar-refractivity contribution >= 4 is 24.0 Å². The zero-order valence-corrected chi connectivity index (χ0v) is 16.8. The third-order valence-electron chi connectivity index (χ3n) is 2.92. The zero-order chi connectivity index (χ0) is 18.4. The molecule has 0 aromatic heterocycles. The molecule has 23 heavy (non-hydrogen) atoms. The van der Waals surface area contributed by atoms with E-state index in [1.165, 1.54) is 0 Å². The molecule has 12 heteroatoms. The van der Waals surface area contributed by atoms with Crippen molar-refractivity contribution in [3.63, 3.8) is 0 Å². The first-order chi connectivity index (χ1) is 10.1. The molecule has 0 heterocycles. The first kappa shape index (κ1) is 23.4. The van der Waals surface area contributed by atoms with Crippen molar-refractivity contribution in [2.24, 2.45) is 0 Å². The average molecular weight is 394 g/mol. The summed E-state index contributed by atoms with van der Waals surface area (Å²) in [6.45, 7) is 7.71. The fourth-order valence-corrected chi connectivity index (χ4v) is 5.64. The maximum absolute atomic E-state index is 10.6. The molecule has 0 saturated carbocycles. The molecule has 140 valence electrons. The maximum atomic E-state index is 10.6. The Hall–Kier alpha value is 0.397. The molecule has 0 aromatic rings. The highest BCUT2D eigenvalue weighted by atomic mass is 31.2. The Bertz CT molecular complexity index is 403. The number of hydrogen-bond acceptors (Lipinski definition) is 5.